The molecule has 3 aromatic rings. The van der Waals surface area contributed by atoms with Crippen LogP contribution in [-0.4, -0.2) is 4.98 Å². The molecule has 0 fully saturated rings. The number of hydrogen-bond acceptors (Lipinski definition) is 3. The molecule has 0 bridgehead atoms. The molecular weight excluding hydrogens is 228 g/mol. The van der Waals surface area contributed by atoms with E-state index in [-0.39, 0.29) is 0 Å². The van der Waals surface area contributed by atoms with Crippen LogP contribution in [0.25, 0.3) is 21.3 Å². The van der Waals surface area contributed by atoms with Gasteiger partial charge in [-0.05, 0) is 34.9 Å². The van der Waals surface area contributed by atoms with Crippen molar-refractivity contribution in [1.29, 1.82) is 0 Å². The number of nitrogens with two attached hydrogens (primary N) is 1. The van der Waals surface area contributed by atoms with E-state index in [0.29, 0.717) is 6.54 Å². The van der Waals surface area contributed by atoms with E-state index in [1.807, 2.05) is 11.6 Å². The second-order valence-electron chi connectivity index (χ2n) is 3.94. The van der Waals surface area contributed by atoms with Crippen molar-refractivity contribution < 1.29 is 0 Å². The van der Waals surface area contributed by atoms with Crippen LogP contribution in [0.1, 0.15) is 5.56 Å². The number of benzene rings is 2. The van der Waals surface area contributed by atoms with Crippen LogP contribution in [0.2, 0.25) is 0 Å². The highest BCUT2D eigenvalue weighted by Gasteiger charge is 2.02. The summed E-state index contributed by atoms with van der Waals surface area (Å²) in [6, 6.07) is 14.7. The summed E-state index contributed by atoms with van der Waals surface area (Å²) in [5, 5.41) is 0. The predicted molar refractivity (Wildman–Crippen MR) is 72.9 cm³/mol. The van der Waals surface area contributed by atoms with E-state index < -0.39 is 0 Å². The number of hydrogen-bond donors (Lipinski definition) is 1. The van der Waals surface area contributed by atoms with Crippen molar-refractivity contribution in [2.75, 3.05) is 0 Å². The first-order valence-corrected chi connectivity index (χ1v) is 6.37. The molecule has 0 aliphatic rings. The Morgan fingerprint density at radius 2 is 1.94 bits per heavy atom. The van der Waals surface area contributed by atoms with Crippen molar-refractivity contribution in [1.82, 2.24) is 4.98 Å². The zero-order chi connectivity index (χ0) is 11.7. The Labute approximate surface area is 104 Å². The van der Waals surface area contributed by atoms with Gasteiger partial charge in [0.05, 0.1) is 15.7 Å². The zero-order valence-corrected chi connectivity index (χ0v) is 10.1. The van der Waals surface area contributed by atoms with Gasteiger partial charge in [-0.2, -0.15) is 0 Å². The fourth-order valence-corrected chi connectivity index (χ4v) is 2.63. The monoisotopic (exact) mass is 240 g/mol. The Balaban J connectivity index is 2.12. The minimum Gasteiger partial charge on any atom is -0.326 e. The van der Waals surface area contributed by atoms with Crippen LogP contribution in [-0.2, 0) is 6.54 Å². The largest absolute Gasteiger partial charge is 0.326 e. The molecule has 0 spiro atoms. The highest BCUT2D eigenvalue weighted by Crippen LogP contribution is 2.26. The molecule has 1 heterocycles. The molecule has 0 saturated carbocycles. The standard InChI is InChI=1S/C14H12N2S/c15-8-10-2-1-3-11(6-10)12-4-5-13-14(7-12)17-9-16-13/h1-7,9H,8,15H2. The third kappa shape index (κ3) is 1.95. The maximum atomic E-state index is 5.66. The van der Waals surface area contributed by atoms with E-state index in [9.17, 15) is 0 Å². The van der Waals surface area contributed by atoms with Crippen LogP contribution >= 0.6 is 11.3 Å². The molecule has 2 N–H and O–H groups in total. The Bertz CT molecular complexity index is 658. The lowest BCUT2D eigenvalue weighted by atomic mass is 10.0. The highest BCUT2D eigenvalue weighted by molar-refractivity contribution is 7.16. The summed E-state index contributed by atoms with van der Waals surface area (Å²) in [6.07, 6.45) is 0. The van der Waals surface area contributed by atoms with Gasteiger partial charge in [0.1, 0.15) is 0 Å². The van der Waals surface area contributed by atoms with Gasteiger partial charge in [0.2, 0.25) is 0 Å². The molecule has 2 aromatic carbocycles. The fourth-order valence-electron chi connectivity index (χ4n) is 1.91. The van der Waals surface area contributed by atoms with Crippen LogP contribution in [0.5, 0.6) is 0 Å². The second-order valence-corrected chi connectivity index (χ2v) is 4.83. The average molecular weight is 240 g/mol. The summed E-state index contributed by atoms with van der Waals surface area (Å²) >= 11 is 1.67. The highest BCUT2D eigenvalue weighted by atomic mass is 32.1. The lowest BCUT2D eigenvalue weighted by molar-refractivity contribution is 1.07. The number of nitrogens with zero attached hydrogens (tertiary/aromatic N) is 1. The molecule has 0 radical (unpaired) electrons. The number of rotatable bonds is 2. The van der Waals surface area contributed by atoms with Crippen molar-refractivity contribution in [2.45, 2.75) is 6.54 Å². The number of fused-ring (bicyclic) bond motifs is 1. The van der Waals surface area contributed by atoms with E-state index in [0.717, 1.165) is 11.1 Å². The molecule has 17 heavy (non-hydrogen) atoms. The normalized spacial score (nSPS) is 10.9. The lowest BCUT2D eigenvalue weighted by Gasteiger charge is -2.04. The van der Waals surface area contributed by atoms with Crippen LogP contribution < -0.4 is 5.73 Å². The maximum absolute atomic E-state index is 5.66. The quantitative estimate of drug-likeness (QED) is 0.745. The van der Waals surface area contributed by atoms with Gasteiger partial charge in [-0.25, -0.2) is 4.98 Å². The fraction of sp³-hybridized carbons (Fsp3) is 0.0714. The van der Waals surface area contributed by atoms with E-state index in [2.05, 4.69) is 41.4 Å². The molecule has 0 aliphatic carbocycles. The molecular formula is C14H12N2S. The molecule has 0 saturated heterocycles. The summed E-state index contributed by atoms with van der Waals surface area (Å²) in [5.41, 5.74) is 12.2. The van der Waals surface area contributed by atoms with E-state index in [1.165, 1.54) is 15.8 Å². The molecule has 1 aromatic heterocycles. The second kappa shape index (κ2) is 4.28. The first kappa shape index (κ1) is 10.4. The van der Waals surface area contributed by atoms with Gasteiger partial charge in [-0.3, -0.25) is 0 Å². The van der Waals surface area contributed by atoms with E-state index in [4.69, 9.17) is 5.73 Å². The topological polar surface area (TPSA) is 38.9 Å². The number of thiazole rings is 1. The Kier molecular flexibility index (Phi) is 2.63. The molecule has 0 aliphatic heterocycles. The summed E-state index contributed by atoms with van der Waals surface area (Å²) in [5.74, 6) is 0. The SMILES string of the molecule is NCc1cccc(-c2ccc3ncsc3c2)c1. The van der Waals surface area contributed by atoms with Crippen molar-refractivity contribution >= 4 is 21.6 Å². The maximum Gasteiger partial charge on any atom is 0.0812 e. The van der Waals surface area contributed by atoms with Crippen LogP contribution in [0.3, 0.4) is 0 Å². The Morgan fingerprint density at radius 1 is 1.06 bits per heavy atom. The minimum absolute atomic E-state index is 0.580. The van der Waals surface area contributed by atoms with Gasteiger partial charge in [0, 0.05) is 6.54 Å². The van der Waals surface area contributed by atoms with E-state index in [1.54, 1.807) is 11.3 Å². The average Bonchev–Trinajstić information content (AvgIpc) is 2.86. The van der Waals surface area contributed by atoms with Gasteiger partial charge >= 0.3 is 0 Å². The van der Waals surface area contributed by atoms with Gasteiger partial charge in [-0.1, -0.05) is 24.3 Å². The number of aromatic nitrogens is 1. The van der Waals surface area contributed by atoms with Crippen molar-refractivity contribution in [3.05, 3.63) is 53.5 Å². The van der Waals surface area contributed by atoms with Crippen LogP contribution in [0, 0.1) is 0 Å². The van der Waals surface area contributed by atoms with Gasteiger partial charge in [0.25, 0.3) is 0 Å². The van der Waals surface area contributed by atoms with Gasteiger partial charge < -0.3 is 5.73 Å². The predicted octanol–water partition coefficient (Wildman–Crippen LogP) is 3.42. The summed E-state index contributed by atoms with van der Waals surface area (Å²) in [6.45, 7) is 0.580. The molecule has 3 rings (SSSR count). The molecule has 0 atom stereocenters. The summed E-state index contributed by atoms with van der Waals surface area (Å²) in [7, 11) is 0. The van der Waals surface area contributed by atoms with Gasteiger partial charge in [0.15, 0.2) is 0 Å². The van der Waals surface area contributed by atoms with Crippen LogP contribution in [0.15, 0.2) is 48.0 Å². The third-order valence-electron chi connectivity index (χ3n) is 2.83. The van der Waals surface area contributed by atoms with Crippen molar-refractivity contribution in [2.24, 2.45) is 5.73 Å². The Hall–Kier alpha value is -1.71. The minimum atomic E-state index is 0.580. The smallest absolute Gasteiger partial charge is 0.0812 e. The van der Waals surface area contributed by atoms with Crippen molar-refractivity contribution in [3.8, 4) is 11.1 Å². The zero-order valence-electron chi connectivity index (χ0n) is 9.26. The van der Waals surface area contributed by atoms with Crippen molar-refractivity contribution in [3.63, 3.8) is 0 Å². The first-order valence-electron chi connectivity index (χ1n) is 5.49. The molecule has 3 heteroatoms. The third-order valence-corrected chi connectivity index (χ3v) is 3.62. The molecule has 0 unspecified atom stereocenters. The molecule has 0 amide bonds. The molecule has 84 valence electrons. The van der Waals surface area contributed by atoms with Crippen LogP contribution in [0.4, 0.5) is 0 Å². The lowest BCUT2D eigenvalue weighted by Crippen LogP contribution is -1.95. The van der Waals surface area contributed by atoms with Gasteiger partial charge in [-0.15, -0.1) is 11.3 Å². The molecule has 2 nitrogen and oxygen atoms in total. The van der Waals surface area contributed by atoms with E-state index >= 15 is 0 Å². The summed E-state index contributed by atoms with van der Waals surface area (Å²) in [4.78, 5) is 4.29. The first-order chi connectivity index (χ1) is 8.36. The summed E-state index contributed by atoms with van der Waals surface area (Å²) < 4.78 is 1.22. The Morgan fingerprint density at radius 3 is 2.82 bits per heavy atom.